The number of rotatable bonds is 4. The summed E-state index contributed by atoms with van der Waals surface area (Å²) >= 11 is 0. The van der Waals surface area contributed by atoms with Crippen molar-refractivity contribution in [1.82, 2.24) is 4.90 Å². The minimum atomic E-state index is -4.49. The Hall–Kier alpha value is -3.29. The van der Waals surface area contributed by atoms with Crippen LogP contribution in [0, 0.1) is 5.92 Å². The monoisotopic (exact) mass is 457 g/mol. The molecule has 0 saturated carbocycles. The minimum Gasteiger partial charge on any atom is -0.497 e. The maximum absolute atomic E-state index is 13.8. The number of likely N-dealkylation sites (N-methyl/N-ethyl adjacent to an activating group) is 1. The molecule has 2 aromatic rings. The molecule has 2 aliphatic heterocycles. The van der Waals surface area contributed by atoms with E-state index in [0.717, 1.165) is 17.8 Å². The third-order valence-electron chi connectivity index (χ3n) is 6.01. The quantitative estimate of drug-likeness (QED) is 0.642. The van der Waals surface area contributed by atoms with Crippen molar-refractivity contribution in [3.8, 4) is 5.75 Å². The van der Waals surface area contributed by atoms with Crippen LogP contribution in [0.2, 0.25) is 0 Å². The van der Waals surface area contributed by atoms with Crippen LogP contribution in [0.25, 0.3) is 0 Å². The Bertz CT molecular complexity index is 1120. The van der Waals surface area contributed by atoms with Crippen molar-refractivity contribution in [3.63, 3.8) is 0 Å². The molecule has 0 N–H and O–H groups in total. The van der Waals surface area contributed by atoms with Crippen molar-refractivity contribution in [2.75, 3.05) is 32.1 Å². The highest BCUT2D eigenvalue weighted by molar-refractivity contribution is 6.19. The van der Waals surface area contributed by atoms with Crippen LogP contribution in [0.3, 0.4) is 0 Å². The molecule has 0 radical (unpaired) electrons. The smallest absolute Gasteiger partial charge is 0.416 e. The Morgan fingerprint density at radius 1 is 1.12 bits per heavy atom. The van der Waals surface area contributed by atoms with Gasteiger partial charge in [-0.25, -0.2) is 0 Å². The minimum absolute atomic E-state index is 0.00147. The maximum atomic E-state index is 13.8. The Balaban J connectivity index is 1.95. The van der Waals surface area contributed by atoms with Crippen LogP contribution in [-0.4, -0.2) is 43.8 Å². The average molecular weight is 457 g/mol. The SMILES string of the molecule is COc1ccc(N2C(=O)C3=C(C(C(C)C)=NCCN3C)C2c2cccc(C(F)(F)F)c2)cc1. The van der Waals surface area contributed by atoms with E-state index in [0.29, 0.717) is 41.4 Å². The van der Waals surface area contributed by atoms with E-state index in [1.165, 1.54) is 6.07 Å². The second kappa shape index (κ2) is 8.57. The van der Waals surface area contributed by atoms with Crippen molar-refractivity contribution in [3.05, 3.63) is 70.9 Å². The van der Waals surface area contributed by atoms with E-state index < -0.39 is 17.8 Å². The van der Waals surface area contributed by atoms with Gasteiger partial charge in [-0.2, -0.15) is 13.2 Å². The predicted molar refractivity (Wildman–Crippen MR) is 121 cm³/mol. The summed E-state index contributed by atoms with van der Waals surface area (Å²) in [7, 11) is 3.37. The number of halogens is 3. The molecule has 1 unspecified atom stereocenters. The van der Waals surface area contributed by atoms with E-state index in [-0.39, 0.29) is 11.8 Å². The van der Waals surface area contributed by atoms with Gasteiger partial charge in [0.05, 0.1) is 25.3 Å². The number of benzene rings is 2. The summed E-state index contributed by atoms with van der Waals surface area (Å²) in [5.74, 6) is 0.367. The fourth-order valence-electron chi connectivity index (χ4n) is 4.46. The number of hydrogen-bond acceptors (Lipinski definition) is 4. The lowest BCUT2D eigenvalue weighted by molar-refractivity contribution is -0.137. The van der Waals surface area contributed by atoms with E-state index in [2.05, 4.69) is 0 Å². The second-order valence-corrected chi connectivity index (χ2v) is 8.50. The predicted octanol–water partition coefficient (Wildman–Crippen LogP) is 5.10. The number of ether oxygens (including phenoxy) is 1. The molecular weight excluding hydrogens is 431 g/mol. The van der Waals surface area contributed by atoms with Gasteiger partial charge in [0.15, 0.2) is 0 Å². The van der Waals surface area contributed by atoms with E-state index in [9.17, 15) is 18.0 Å². The molecule has 0 fully saturated rings. The lowest BCUT2D eigenvalue weighted by Crippen LogP contribution is -2.34. The van der Waals surface area contributed by atoms with Gasteiger partial charge in [-0.1, -0.05) is 26.0 Å². The van der Waals surface area contributed by atoms with Gasteiger partial charge in [-0.15, -0.1) is 0 Å². The fraction of sp³-hybridized carbons (Fsp3) is 0.360. The summed E-state index contributed by atoms with van der Waals surface area (Å²) in [6, 6.07) is 11.4. The molecule has 1 atom stereocenters. The molecule has 2 aliphatic rings. The van der Waals surface area contributed by atoms with Gasteiger partial charge >= 0.3 is 6.18 Å². The van der Waals surface area contributed by atoms with Gasteiger partial charge in [-0.05, 0) is 47.9 Å². The van der Waals surface area contributed by atoms with E-state index >= 15 is 0 Å². The zero-order valence-corrected chi connectivity index (χ0v) is 19.0. The van der Waals surface area contributed by atoms with Crippen LogP contribution in [0.15, 0.2) is 64.8 Å². The first-order chi connectivity index (χ1) is 15.6. The van der Waals surface area contributed by atoms with Crippen LogP contribution >= 0.6 is 0 Å². The van der Waals surface area contributed by atoms with Crippen molar-refractivity contribution in [2.45, 2.75) is 26.1 Å². The summed E-state index contributed by atoms with van der Waals surface area (Å²) in [6.07, 6.45) is -4.49. The molecule has 33 heavy (non-hydrogen) atoms. The summed E-state index contributed by atoms with van der Waals surface area (Å²) in [6.45, 7) is 5.03. The Morgan fingerprint density at radius 3 is 2.42 bits per heavy atom. The molecule has 0 saturated heterocycles. The Morgan fingerprint density at radius 2 is 1.82 bits per heavy atom. The first kappa shape index (κ1) is 22.9. The summed E-state index contributed by atoms with van der Waals surface area (Å²) < 4.78 is 45.9. The molecule has 1 amide bonds. The van der Waals surface area contributed by atoms with Crippen LogP contribution in [0.1, 0.15) is 31.0 Å². The number of nitrogens with zero attached hydrogens (tertiary/aromatic N) is 3. The van der Waals surface area contributed by atoms with E-state index in [1.54, 1.807) is 42.3 Å². The first-order valence-electron chi connectivity index (χ1n) is 10.8. The van der Waals surface area contributed by atoms with Gasteiger partial charge in [0.1, 0.15) is 11.4 Å². The van der Waals surface area contributed by atoms with Gasteiger partial charge in [0.2, 0.25) is 0 Å². The highest BCUT2D eigenvalue weighted by atomic mass is 19.4. The largest absolute Gasteiger partial charge is 0.497 e. The molecular formula is C25H26F3N3O2. The third kappa shape index (κ3) is 4.10. The molecule has 0 bridgehead atoms. The average Bonchev–Trinajstić information content (AvgIpc) is 2.96. The van der Waals surface area contributed by atoms with Crippen LogP contribution in [-0.2, 0) is 11.0 Å². The van der Waals surface area contributed by atoms with Gasteiger partial charge in [0, 0.05) is 30.6 Å². The number of hydrogen-bond donors (Lipinski definition) is 0. The Labute approximate surface area is 191 Å². The molecule has 2 aromatic carbocycles. The lowest BCUT2D eigenvalue weighted by atomic mass is 9.89. The van der Waals surface area contributed by atoms with Gasteiger partial charge in [0.25, 0.3) is 5.91 Å². The zero-order chi connectivity index (χ0) is 23.9. The molecule has 5 nitrogen and oxygen atoms in total. The number of amides is 1. The van der Waals surface area contributed by atoms with Crippen molar-refractivity contribution in [1.29, 1.82) is 0 Å². The van der Waals surface area contributed by atoms with E-state index in [4.69, 9.17) is 9.73 Å². The molecule has 2 heterocycles. The summed E-state index contributed by atoms with van der Waals surface area (Å²) in [5.41, 5.74) is 2.13. The third-order valence-corrected chi connectivity index (χ3v) is 6.01. The van der Waals surface area contributed by atoms with Crippen LogP contribution in [0.5, 0.6) is 5.75 Å². The van der Waals surface area contributed by atoms with Crippen molar-refractivity contribution < 1.29 is 22.7 Å². The number of carbonyl (C=O) groups excluding carboxylic acids is 1. The number of methoxy groups -OCH3 is 1. The first-order valence-corrected chi connectivity index (χ1v) is 10.8. The van der Waals surface area contributed by atoms with Crippen molar-refractivity contribution in [2.24, 2.45) is 10.9 Å². The van der Waals surface area contributed by atoms with E-state index in [1.807, 2.05) is 25.8 Å². The molecule has 8 heteroatoms. The highest BCUT2D eigenvalue weighted by Crippen LogP contribution is 2.45. The zero-order valence-electron chi connectivity index (χ0n) is 19.0. The number of aliphatic imine (C=N–C) groups is 1. The van der Waals surface area contributed by atoms with Gasteiger partial charge < -0.3 is 9.64 Å². The molecule has 0 aromatic heterocycles. The van der Waals surface area contributed by atoms with Crippen LogP contribution in [0.4, 0.5) is 18.9 Å². The molecule has 174 valence electrons. The lowest BCUT2D eigenvalue weighted by Gasteiger charge is -2.29. The number of alkyl halides is 3. The number of carbonyl (C=O) groups is 1. The topological polar surface area (TPSA) is 45.1 Å². The standard InChI is InChI=1S/C25H26F3N3O2/c1-15(2)21-20-22(16-6-5-7-17(14-16)25(26,27)28)31(18-8-10-19(33-4)11-9-18)24(32)23(20)30(3)13-12-29-21/h5-11,14-15,22H,12-13H2,1-4H3. The van der Waals surface area contributed by atoms with Crippen molar-refractivity contribution >= 4 is 17.3 Å². The normalized spacial score (nSPS) is 19.1. The second-order valence-electron chi connectivity index (χ2n) is 8.50. The summed E-state index contributed by atoms with van der Waals surface area (Å²) in [5, 5.41) is 0. The molecule has 0 spiro atoms. The highest BCUT2D eigenvalue weighted by Gasteiger charge is 2.46. The maximum Gasteiger partial charge on any atom is 0.416 e. The Kier molecular flexibility index (Phi) is 5.95. The fourth-order valence-corrected chi connectivity index (χ4v) is 4.46. The molecule has 4 rings (SSSR count). The number of anilines is 1. The molecule has 0 aliphatic carbocycles. The van der Waals surface area contributed by atoms with Crippen LogP contribution < -0.4 is 9.64 Å². The summed E-state index contributed by atoms with van der Waals surface area (Å²) in [4.78, 5) is 22.0. The van der Waals surface area contributed by atoms with Gasteiger partial charge in [-0.3, -0.25) is 14.7 Å².